The van der Waals surface area contributed by atoms with Crippen LogP contribution in [0.25, 0.3) is 6.08 Å². The highest BCUT2D eigenvalue weighted by atomic mass is 32.2. The minimum atomic E-state index is -3.68. The van der Waals surface area contributed by atoms with Gasteiger partial charge < -0.3 is 15.3 Å². The van der Waals surface area contributed by atoms with E-state index in [1.807, 2.05) is 0 Å². The van der Waals surface area contributed by atoms with Gasteiger partial charge in [0.15, 0.2) is 27.1 Å². The number of carbonyl (C=O) groups is 1. The summed E-state index contributed by atoms with van der Waals surface area (Å²) in [6, 6.07) is 15.9. The molecule has 6 nitrogen and oxygen atoms in total. The molecule has 3 aromatic carbocycles. The summed E-state index contributed by atoms with van der Waals surface area (Å²) < 4.78 is 25.1. The third kappa shape index (κ3) is 5.03. The largest absolute Gasteiger partial charge is 0.508 e. The highest BCUT2D eigenvalue weighted by Crippen LogP contribution is 2.25. The molecule has 0 aromatic heterocycles. The van der Waals surface area contributed by atoms with Crippen LogP contribution in [0.4, 0.5) is 0 Å². The Kier molecular flexibility index (Phi) is 5.70. The second kappa shape index (κ2) is 8.20. The molecular weight excluding hydrogens is 392 g/mol. The number of rotatable bonds is 6. The van der Waals surface area contributed by atoms with Crippen LogP contribution in [0.3, 0.4) is 0 Å². The van der Waals surface area contributed by atoms with Crippen molar-refractivity contribution in [3.05, 3.63) is 89.5 Å². The zero-order valence-corrected chi connectivity index (χ0v) is 16.0. The molecule has 0 bridgehead atoms. The lowest BCUT2D eigenvalue weighted by molar-refractivity contribution is 0.104. The average Bonchev–Trinajstić information content (AvgIpc) is 2.68. The lowest BCUT2D eigenvalue weighted by Crippen LogP contribution is -2.06. The Bertz CT molecular complexity index is 1200. The molecule has 0 atom stereocenters. The van der Waals surface area contributed by atoms with Crippen LogP contribution in [-0.2, 0) is 15.6 Å². The van der Waals surface area contributed by atoms with E-state index in [-0.39, 0.29) is 33.7 Å². The molecule has 0 spiro atoms. The van der Waals surface area contributed by atoms with E-state index in [0.717, 1.165) is 0 Å². The van der Waals surface area contributed by atoms with Gasteiger partial charge in [0.25, 0.3) is 0 Å². The predicted molar refractivity (Wildman–Crippen MR) is 109 cm³/mol. The third-order valence-corrected chi connectivity index (χ3v) is 5.86. The fraction of sp³-hybridized carbons (Fsp3) is 0.0455. The lowest BCUT2D eigenvalue weighted by Gasteiger charge is -2.06. The van der Waals surface area contributed by atoms with E-state index in [0.29, 0.717) is 16.7 Å². The normalized spacial score (nSPS) is 11.6. The molecule has 3 N–H and O–H groups in total. The molecule has 0 heterocycles. The molecule has 0 saturated carbocycles. The van der Waals surface area contributed by atoms with Gasteiger partial charge in [0.05, 0.1) is 10.6 Å². The van der Waals surface area contributed by atoms with Crippen molar-refractivity contribution in [3.8, 4) is 17.2 Å². The molecular formula is C22H18O6S. The van der Waals surface area contributed by atoms with Crippen LogP contribution < -0.4 is 0 Å². The summed E-state index contributed by atoms with van der Waals surface area (Å²) in [4.78, 5) is 12.4. The summed E-state index contributed by atoms with van der Waals surface area (Å²) >= 11 is 0. The summed E-state index contributed by atoms with van der Waals surface area (Å²) in [5.41, 5.74) is 1.28. The fourth-order valence-corrected chi connectivity index (χ4v) is 4.08. The Morgan fingerprint density at radius 1 is 0.862 bits per heavy atom. The van der Waals surface area contributed by atoms with Crippen LogP contribution in [0.1, 0.15) is 21.5 Å². The number of hydrogen-bond acceptors (Lipinski definition) is 6. The first-order chi connectivity index (χ1) is 13.7. The highest BCUT2D eigenvalue weighted by Gasteiger charge is 2.16. The molecule has 0 aliphatic heterocycles. The maximum Gasteiger partial charge on any atom is 0.185 e. The van der Waals surface area contributed by atoms with Gasteiger partial charge >= 0.3 is 0 Å². The van der Waals surface area contributed by atoms with Crippen molar-refractivity contribution in [1.82, 2.24) is 0 Å². The quantitative estimate of drug-likeness (QED) is 0.325. The first kappa shape index (κ1) is 20.2. The van der Waals surface area contributed by atoms with Gasteiger partial charge in [0, 0.05) is 5.56 Å². The van der Waals surface area contributed by atoms with Crippen molar-refractivity contribution in [2.24, 2.45) is 0 Å². The molecule has 0 fully saturated rings. The highest BCUT2D eigenvalue weighted by molar-refractivity contribution is 7.90. The molecule has 0 unspecified atom stereocenters. The van der Waals surface area contributed by atoms with E-state index < -0.39 is 9.84 Å². The summed E-state index contributed by atoms with van der Waals surface area (Å²) in [6.07, 6.45) is 2.78. The molecule has 0 saturated heterocycles. The van der Waals surface area contributed by atoms with Gasteiger partial charge in [0.1, 0.15) is 5.75 Å². The van der Waals surface area contributed by atoms with Gasteiger partial charge in [-0.2, -0.15) is 0 Å². The molecule has 3 aromatic rings. The minimum absolute atomic E-state index is 0.00117. The zero-order valence-electron chi connectivity index (χ0n) is 15.2. The maximum atomic E-state index is 12.6. The first-order valence-electron chi connectivity index (χ1n) is 8.60. The van der Waals surface area contributed by atoms with E-state index in [1.54, 1.807) is 18.2 Å². The Labute approximate surface area is 167 Å². The van der Waals surface area contributed by atoms with Crippen molar-refractivity contribution in [2.75, 3.05) is 0 Å². The van der Waals surface area contributed by atoms with Crippen LogP contribution in [0.15, 0.2) is 77.7 Å². The SMILES string of the molecule is O=C(/C=C/c1ccc(O)c(O)c1)c1cccc(CS(=O)(=O)c2cccc(O)c2)c1. The number of carbonyl (C=O) groups excluding carboxylic acids is 1. The minimum Gasteiger partial charge on any atom is -0.508 e. The van der Waals surface area contributed by atoms with Crippen molar-refractivity contribution in [3.63, 3.8) is 0 Å². The Hall–Kier alpha value is -3.58. The van der Waals surface area contributed by atoms with Crippen molar-refractivity contribution in [2.45, 2.75) is 10.6 Å². The predicted octanol–water partition coefficient (Wildman–Crippen LogP) is 3.67. The van der Waals surface area contributed by atoms with Crippen molar-refractivity contribution < 1.29 is 28.5 Å². The van der Waals surface area contributed by atoms with E-state index in [4.69, 9.17) is 0 Å². The second-order valence-corrected chi connectivity index (χ2v) is 8.39. The Morgan fingerprint density at radius 2 is 1.62 bits per heavy atom. The van der Waals surface area contributed by atoms with Crippen LogP contribution in [0.2, 0.25) is 0 Å². The molecule has 0 amide bonds. The zero-order chi connectivity index (χ0) is 21.0. The number of phenols is 3. The number of sulfone groups is 1. The maximum absolute atomic E-state index is 12.6. The molecule has 0 aliphatic rings. The fourth-order valence-electron chi connectivity index (χ4n) is 2.71. The molecule has 148 valence electrons. The van der Waals surface area contributed by atoms with Gasteiger partial charge in [-0.05, 0) is 53.6 Å². The van der Waals surface area contributed by atoms with Crippen LogP contribution in [-0.4, -0.2) is 29.5 Å². The monoisotopic (exact) mass is 410 g/mol. The number of ketones is 1. The molecule has 0 aliphatic carbocycles. The summed E-state index contributed by atoms with van der Waals surface area (Å²) in [5, 5.41) is 28.3. The van der Waals surface area contributed by atoms with E-state index in [1.165, 1.54) is 60.7 Å². The number of phenolic OH excluding ortho intramolecular Hbond substituents is 3. The standard InChI is InChI=1S/C22H18O6S/c23-18-5-2-6-19(13-18)29(27,28)14-16-3-1-4-17(11-16)20(24)9-7-15-8-10-21(25)22(26)12-15/h1-13,23,25-26H,14H2/b9-7+. The molecule has 0 radical (unpaired) electrons. The van der Waals surface area contributed by atoms with Crippen LogP contribution >= 0.6 is 0 Å². The third-order valence-electron chi connectivity index (χ3n) is 4.17. The van der Waals surface area contributed by atoms with E-state index in [2.05, 4.69) is 0 Å². The number of benzene rings is 3. The first-order valence-corrected chi connectivity index (χ1v) is 10.2. The summed E-state index contributed by atoms with van der Waals surface area (Å²) in [5.74, 6) is -1.34. The topological polar surface area (TPSA) is 112 Å². The number of hydrogen-bond donors (Lipinski definition) is 3. The van der Waals surface area contributed by atoms with Gasteiger partial charge in [0.2, 0.25) is 0 Å². The lowest BCUT2D eigenvalue weighted by atomic mass is 10.1. The summed E-state index contributed by atoms with van der Waals surface area (Å²) in [6.45, 7) is 0. The van der Waals surface area contributed by atoms with E-state index >= 15 is 0 Å². The van der Waals surface area contributed by atoms with Crippen molar-refractivity contribution >= 4 is 21.7 Å². The smallest absolute Gasteiger partial charge is 0.185 e. The van der Waals surface area contributed by atoms with Gasteiger partial charge in [-0.1, -0.05) is 36.4 Å². The van der Waals surface area contributed by atoms with Crippen molar-refractivity contribution in [1.29, 1.82) is 0 Å². The number of allylic oxidation sites excluding steroid dienone is 1. The second-order valence-electron chi connectivity index (χ2n) is 6.40. The molecule has 29 heavy (non-hydrogen) atoms. The van der Waals surface area contributed by atoms with Gasteiger partial charge in [-0.3, -0.25) is 4.79 Å². The van der Waals surface area contributed by atoms with E-state index in [9.17, 15) is 28.5 Å². The van der Waals surface area contributed by atoms with Crippen LogP contribution in [0, 0.1) is 0 Å². The Morgan fingerprint density at radius 3 is 2.34 bits per heavy atom. The Balaban J connectivity index is 1.79. The molecule has 7 heteroatoms. The molecule has 3 rings (SSSR count). The average molecular weight is 410 g/mol. The van der Waals surface area contributed by atoms with Gasteiger partial charge in [-0.25, -0.2) is 8.42 Å². The summed E-state index contributed by atoms with van der Waals surface area (Å²) in [7, 11) is -3.68. The van der Waals surface area contributed by atoms with Gasteiger partial charge in [-0.15, -0.1) is 0 Å². The van der Waals surface area contributed by atoms with Crippen LogP contribution in [0.5, 0.6) is 17.2 Å². The number of aromatic hydroxyl groups is 3.